The maximum Gasteiger partial charge on any atom is 0.0483 e. The van der Waals surface area contributed by atoms with Crippen LogP contribution in [0.2, 0.25) is 0 Å². The van der Waals surface area contributed by atoms with E-state index in [9.17, 15) is 0 Å². The highest BCUT2D eigenvalue weighted by atomic mass is 32.2. The van der Waals surface area contributed by atoms with Crippen LogP contribution in [0.4, 0.5) is 0 Å². The molecule has 0 radical (unpaired) electrons. The van der Waals surface area contributed by atoms with Crippen LogP contribution in [0.1, 0.15) is 18.9 Å². The summed E-state index contributed by atoms with van der Waals surface area (Å²) in [5.74, 6) is 2.48. The smallest absolute Gasteiger partial charge is 0.0483 e. The second kappa shape index (κ2) is 6.86. The zero-order valence-corrected chi connectivity index (χ0v) is 12.1. The van der Waals surface area contributed by atoms with Gasteiger partial charge in [-0.25, -0.2) is 0 Å². The first-order chi connectivity index (χ1) is 8.86. The van der Waals surface area contributed by atoms with Crippen LogP contribution in [0.25, 0.3) is 10.9 Å². The van der Waals surface area contributed by atoms with E-state index >= 15 is 0 Å². The summed E-state index contributed by atoms with van der Waals surface area (Å²) in [6.07, 6.45) is 3.47. The Morgan fingerprint density at radius 2 is 2.17 bits per heavy atom. The van der Waals surface area contributed by atoms with Crippen molar-refractivity contribution in [1.82, 2.24) is 9.88 Å². The summed E-state index contributed by atoms with van der Waals surface area (Å²) in [6, 6.07) is 8.83. The van der Waals surface area contributed by atoms with Gasteiger partial charge in [0.15, 0.2) is 0 Å². The number of hydrogen-bond acceptors (Lipinski definition) is 2. The van der Waals surface area contributed by atoms with Crippen LogP contribution in [-0.4, -0.2) is 23.1 Å². The summed E-state index contributed by atoms with van der Waals surface area (Å²) in [5, 5.41) is 4.62. The molecule has 18 heavy (non-hydrogen) atoms. The fourth-order valence-electron chi connectivity index (χ4n) is 2.31. The summed E-state index contributed by atoms with van der Waals surface area (Å²) in [7, 11) is 2.00. The third-order valence-corrected chi connectivity index (χ3v) is 4.15. The number of nitrogens with one attached hydrogen (secondary N) is 1. The standard InChI is InChI=1S/C15H22N2S/c1-3-18-11-5-9-17-10-8-14-13(12-16-2)6-4-7-15(14)17/h4,6-8,10,16H,3,5,9,11-12H2,1-2H3. The third kappa shape index (κ3) is 3.09. The van der Waals surface area contributed by atoms with Crippen molar-refractivity contribution in [3.63, 3.8) is 0 Å². The number of hydrogen-bond donors (Lipinski definition) is 1. The van der Waals surface area contributed by atoms with E-state index in [0.29, 0.717) is 0 Å². The minimum Gasteiger partial charge on any atom is -0.347 e. The Kier molecular flexibility index (Phi) is 5.14. The van der Waals surface area contributed by atoms with Crippen molar-refractivity contribution in [2.45, 2.75) is 26.4 Å². The lowest BCUT2D eigenvalue weighted by atomic mass is 10.1. The second-order valence-corrected chi connectivity index (χ2v) is 5.83. The average Bonchev–Trinajstić information content (AvgIpc) is 2.80. The molecule has 1 N–H and O–H groups in total. The van der Waals surface area contributed by atoms with Crippen LogP contribution in [0.5, 0.6) is 0 Å². The van der Waals surface area contributed by atoms with Gasteiger partial charge < -0.3 is 9.88 Å². The summed E-state index contributed by atoms with van der Waals surface area (Å²) < 4.78 is 2.38. The molecule has 0 saturated heterocycles. The molecule has 0 unspecified atom stereocenters. The van der Waals surface area contributed by atoms with Gasteiger partial charge in [0, 0.05) is 30.2 Å². The number of aryl methyl sites for hydroxylation is 1. The molecule has 2 nitrogen and oxygen atoms in total. The van der Waals surface area contributed by atoms with E-state index in [-0.39, 0.29) is 0 Å². The summed E-state index contributed by atoms with van der Waals surface area (Å²) in [4.78, 5) is 0. The molecule has 0 atom stereocenters. The molecule has 1 aromatic carbocycles. The molecular weight excluding hydrogens is 240 g/mol. The number of aromatic nitrogens is 1. The van der Waals surface area contributed by atoms with Crippen molar-refractivity contribution in [1.29, 1.82) is 0 Å². The molecule has 0 bridgehead atoms. The molecule has 0 aliphatic carbocycles. The van der Waals surface area contributed by atoms with Crippen molar-refractivity contribution in [2.75, 3.05) is 18.6 Å². The highest BCUT2D eigenvalue weighted by Crippen LogP contribution is 2.20. The van der Waals surface area contributed by atoms with Gasteiger partial charge in [0.05, 0.1) is 0 Å². The van der Waals surface area contributed by atoms with Crippen molar-refractivity contribution in [2.24, 2.45) is 0 Å². The van der Waals surface area contributed by atoms with E-state index in [0.717, 1.165) is 13.1 Å². The van der Waals surface area contributed by atoms with E-state index in [1.165, 1.54) is 34.4 Å². The summed E-state index contributed by atoms with van der Waals surface area (Å²) >= 11 is 2.02. The lowest BCUT2D eigenvalue weighted by Gasteiger charge is -2.07. The van der Waals surface area contributed by atoms with Crippen LogP contribution in [0.15, 0.2) is 30.5 Å². The Hall–Kier alpha value is -0.930. The lowest BCUT2D eigenvalue weighted by Crippen LogP contribution is -2.05. The molecular formula is C15H22N2S. The van der Waals surface area contributed by atoms with Gasteiger partial charge >= 0.3 is 0 Å². The quantitative estimate of drug-likeness (QED) is 0.769. The molecule has 1 heterocycles. The van der Waals surface area contributed by atoms with E-state index < -0.39 is 0 Å². The third-order valence-electron chi connectivity index (χ3n) is 3.16. The van der Waals surface area contributed by atoms with Gasteiger partial charge in [-0.1, -0.05) is 19.1 Å². The first-order valence-electron chi connectivity index (χ1n) is 6.66. The van der Waals surface area contributed by atoms with Crippen molar-refractivity contribution >= 4 is 22.7 Å². The van der Waals surface area contributed by atoms with Crippen molar-refractivity contribution < 1.29 is 0 Å². The molecule has 98 valence electrons. The number of nitrogens with zero attached hydrogens (tertiary/aromatic N) is 1. The lowest BCUT2D eigenvalue weighted by molar-refractivity contribution is 0.709. The van der Waals surface area contributed by atoms with Gasteiger partial charge in [0.1, 0.15) is 0 Å². The van der Waals surface area contributed by atoms with E-state index in [4.69, 9.17) is 0 Å². The van der Waals surface area contributed by atoms with Gasteiger partial charge in [-0.2, -0.15) is 11.8 Å². The average molecular weight is 262 g/mol. The number of rotatable bonds is 7. The number of benzene rings is 1. The predicted octanol–water partition coefficient (Wildman–Crippen LogP) is 3.50. The number of thioether (sulfide) groups is 1. The van der Waals surface area contributed by atoms with E-state index in [2.05, 4.69) is 47.3 Å². The van der Waals surface area contributed by atoms with Crippen molar-refractivity contribution in [3.05, 3.63) is 36.0 Å². The summed E-state index contributed by atoms with van der Waals surface area (Å²) in [6.45, 7) is 4.28. The van der Waals surface area contributed by atoms with Gasteiger partial charge in [0.25, 0.3) is 0 Å². The fourth-order valence-corrected chi connectivity index (χ4v) is 2.93. The Morgan fingerprint density at radius 1 is 1.28 bits per heavy atom. The highest BCUT2D eigenvalue weighted by Gasteiger charge is 2.04. The normalized spacial score (nSPS) is 11.2. The zero-order chi connectivity index (χ0) is 12.8. The molecule has 2 aromatic rings. The SMILES string of the molecule is CCSCCCn1ccc2c(CNC)cccc21. The maximum atomic E-state index is 3.23. The van der Waals surface area contributed by atoms with Gasteiger partial charge in [-0.3, -0.25) is 0 Å². The van der Waals surface area contributed by atoms with Gasteiger partial charge in [-0.15, -0.1) is 0 Å². The van der Waals surface area contributed by atoms with E-state index in [1.807, 2.05) is 18.8 Å². The van der Waals surface area contributed by atoms with Crippen molar-refractivity contribution in [3.8, 4) is 0 Å². The van der Waals surface area contributed by atoms with E-state index in [1.54, 1.807) is 0 Å². The topological polar surface area (TPSA) is 17.0 Å². The minimum absolute atomic E-state index is 0.938. The van der Waals surface area contributed by atoms with Crippen LogP contribution in [0, 0.1) is 0 Å². The number of fused-ring (bicyclic) bond motifs is 1. The summed E-state index contributed by atoms with van der Waals surface area (Å²) in [5.41, 5.74) is 2.75. The molecule has 0 aliphatic rings. The molecule has 2 rings (SSSR count). The van der Waals surface area contributed by atoms with Crippen LogP contribution < -0.4 is 5.32 Å². The Bertz CT molecular complexity index is 490. The second-order valence-electron chi connectivity index (χ2n) is 4.44. The molecule has 3 heteroatoms. The molecule has 0 saturated carbocycles. The van der Waals surface area contributed by atoms with Crippen LogP contribution in [0.3, 0.4) is 0 Å². The minimum atomic E-state index is 0.938. The Morgan fingerprint density at radius 3 is 2.94 bits per heavy atom. The van der Waals surface area contributed by atoms with Crippen LogP contribution >= 0.6 is 11.8 Å². The zero-order valence-electron chi connectivity index (χ0n) is 11.3. The Balaban J connectivity index is 2.12. The molecule has 1 aromatic heterocycles. The first-order valence-corrected chi connectivity index (χ1v) is 7.81. The molecule has 0 aliphatic heterocycles. The fraction of sp³-hybridized carbons (Fsp3) is 0.467. The highest BCUT2D eigenvalue weighted by molar-refractivity contribution is 7.99. The molecule has 0 spiro atoms. The monoisotopic (exact) mass is 262 g/mol. The first kappa shape index (κ1) is 13.5. The van der Waals surface area contributed by atoms with Crippen LogP contribution in [-0.2, 0) is 13.1 Å². The molecule has 0 amide bonds. The largest absolute Gasteiger partial charge is 0.347 e. The van der Waals surface area contributed by atoms with Gasteiger partial charge in [0.2, 0.25) is 0 Å². The Labute approximate surface area is 114 Å². The predicted molar refractivity (Wildman–Crippen MR) is 82.3 cm³/mol. The van der Waals surface area contributed by atoms with Gasteiger partial charge in [-0.05, 0) is 42.7 Å². The molecule has 0 fully saturated rings. The maximum absolute atomic E-state index is 3.23.